The van der Waals surface area contributed by atoms with Crippen LogP contribution in [0.3, 0.4) is 0 Å². The SMILES string of the molecule is C[Si](C)(C)O[Si](O[Si])O[Si]. The van der Waals surface area contributed by atoms with Gasteiger partial charge in [-0.25, -0.2) is 0 Å². The summed E-state index contributed by atoms with van der Waals surface area (Å²) < 4.78 is 14.9. The molecule has 0 aromatic carbocycles. The topological polar surface area (TPSA) is 27.7 Å². The van der Waals surface area contributed by atoms with Crippen LogP contribution in [0.4, 0.5) is 0 Å². The lowest BCUT2D eigenvalue weighted by Gasteiger charge is -2.20. The molecular weight excluding hydrogens is 196 g/mol. The van der Waals surface area contributed by atoms with E-state index in [2.05, 4.69) is 40.6 Å². The van der Waals surface area contributed by atoms with Crippen molar-refractivity contribution >= 4 is 38.8 Å². The average molecular weight is 205 g/mol. The van der Waals surface area contributed by atoms with Crippen LogP contribution in [0.5, 0.6) is 0 Å². The highest BCUT2D eigenvalue weighted by atomic mass is 28.4. The van der Waals surface area contributed by atoms with Gasteiger partial charge in [-0.05, 0) is 19.6 Å². The van der Waals surface area contributed by atoms with Gasteiger partial charge in [0.1, 0.15) is 0 Å². The first-order chi connectivity index (χ1) is 4.49. The van der Waals surface area contributed by atoms with E-state index >= 15 is 0 Å². The van der Waals surface area contributed by atoms with Crippen LogP contribution in [0.25, 0.3) is 0 Å². The summed E-state index contributed by atoms with van der Waals surface area (Å²) in [5.74, 6) is 0. The predicted octanol–water partition coefficient (Wildman–Crippen LogP) is 0.0230. The van der Waals surface area contributed by atoms with Gasteiger partial charge in [-0.3, -0.25) is 0 Å². The lowest BCUT2D eigenvalue weighted by molar-refractivity contribution is 0.329. The van der Waals surface area contributed by atoms with Crippen LogP contribution in [0, 0.1) is 0 Å². The van der Waals surface area contributed by atoms with E-state index in [0.717, 1.165) is 0 Å². The average Bonchev–Trinajstić information content (AvgIpc) is 1.81. The largest absolute Gasteiger partial charge is 0.543 e. The normalized spacial score (nSPS) is 12.6. The third kappa shape index (κ3) is 5.53. The van der Waals surface area contributed by atoms with Crippen molar-refractivity contribution in [2.24, 2.45) is 0 Å². The Morgan fingerprint density at radius 1 is 1.10 bits per heavy atom. The van der Waals surface area contributed by atoms with Gasteiger partial charge >= 0.3 is 9.53 Å². The summed E-state index contributed by atoms with van der Waals surface area (Å²) in [7, 11) is 2.60. The summed E-state index contributed by atoms with van der Waals surface area (Å²) in [5.41, 5.74) is 0. The summed E-state index contributed by atoms with van der Waals surface area (Å²) in [4.78, 5) is 0. The Morgan fingerprint density at radius 3 is 1.60 bits per heavy atom. The molecular formula is C3H9O3Si4. The second-order valence-corrected chi connectivity index (χ2v) is 9.84. The van der Waals surface area contributed by atoms with Crippen molar-refractivity contribution in [2.75, 3.05) is 0 Å². The highest BCUT2D eigenvalue weighted by Gasteiger charge is 2.24. The van der Waals surface area contributed by atoms with Crippen molar-refractivity contribution < 1.29 is 12.3 Å². The van der Waals surface area contributed by atoms with Gasteiger partial charge < -0.3 is 12.3 Å². The maximum Gasteiger partial charge on any atom is 0.543 e. The van der Waals surface area contributed by atoms with Gasteiger partial charge in [-0.1, -0.05) is 0 Å². The zero-order valence-corrected chi connectivity index (χ0v) is 10.2. The molecule has 55 valence electrons. The molecule has 7 radical (unpaired) electrons. The van der Waals surface area contributed by atoms with E-state index in [1.54, 1.807) is 0 Å². The van der Waals surface area contributed by atoms with E-state index in [-0.39, 0.29) is 0 Å². The van der Waals surface area contributed by atoms with Crippen molar-refractivity contribution in [3.8, 4) is 0 Å². The van der Waals surface area contributed by atoms with Crippen LogP contribution in [-0.4, -0.2) is 38.8 Å². The minimum atomic E-state index is -1.59. The second kappa shape index (κ2) is 4.59. The molecule has 0 aliphatic rings. The molecule has 0 rings (SSSR count). The van der Waals surface area contributed by atoms with E-state index in [0.29, 0.717) is 0 Å². The third-order valence-electron chi connectivity index (χ3n) is 0.556. The van der Waals surface area contributed by atoms with Gasteiger partial charge in [0.25, 0.3) is 0 Å². The first-order valence-electron chi connectivity index (χ1n) is 2.72. The molecule has 0 amide bonds. The number of rotatable bonds is 4. The van der Waals surface area contributed by atoms with Crippen molar-refractivity contribution in [1.82, 2.24) is 0 Å². The number of hydrogen-bond donors (Lipinski definition) is 0. The Bertz CT molecular complexity index is 88.2. The Balaban J connectivity index is 3.63. The minimum Gasteiger partial charge on any atom is -0.415 e. The lowest BCUT2D eigenvalue weighted by atomic mass is 11.8. The summed E-state index contributed by atoms with van der Waals surface area (Å²) >= 11 is 0. The van der Waals surface area contributed by atoms with Crippen molar-refractivity contribution in [3.05, 3.63) is 0 Å². The number of hydrogen-bond acceptors (Lipinski definition) is 3. The summed E-state index contributed by atoms with van der Waals surface area (Å²) in [6, 6.07) is 0. The smallest absolute Gasteiger partial charge is 0.415 e. The van der Waals surface area contributed by atoms with Gasteiger partial charge in [-0.15, -0.1) is 0 Å². The summed E-state index contributed by atoms with van der Waals surface area (Å²) in [5, 5.41) is 0. The standard InChI is InChI=1S/C3H9O3Si4/c1-10(2,3)6-9(4-7)5-8/h1-3H3. The molecule has 0 N–H and O–H groups in total. The Hall–Kier alpha value is 0.748. The summed E-state index contributed by atoms with van der Waals surface area (Å²) in [6.45, 7) is 6.19. The van der Waals surface area contributed by atoms with Crippen molar-refractivity contribution in [2.45, 2.75) is 19.6 Å². The molecule has 0 atom stereocenters. The quantitative estimate of drug-likeness (QED) is 0.606. The van der Waals surface area contributed by atoms with Gasteiger partial charge in [0.15, 0.2) is 8.32 Å². The predicted molar refractivity (Wildman–Crippen MR) is 43.9 cm³/mol. The maximum absolute atomic E-state index is 5.44. The van der Waals surface area contributed by atoms with Crippen LogP contribution in [0.2, 0.25) is 19.6 Å². The Morgan fingerprint density at radius 2 is 1.50 bits per heavy atom. The molecule has 0 heterocycles. The highest BCUT2D eigenvalue weighted by Crippen LogP contribution is 2.04. The monoisotopic (exact) mass is 205 g/mol. The fourth-order valence-corrected chi connectivity index (χ4v) is 3.94. The first kappa shape index (κ1) is 10.7. The molecule has 0 saturated heterocycles. The fraction of sp³-hybridized carbons (Fsp3) is 1.00. The van der Waals surface area contributed by atoms with E-state index in [1.807, 2.05) is 0 Å². The lowest BCUT2D eigenvalue weighted by Crippen LogP contribution is -2.38. The maximum atomic E-state index is 5.44. The zero-order valence-electron chi connectivity index (χ0n) is 6.22. The van der Waals surface area contributed by atoms with E-state index in [4.69, 9.17) is 12.3 Å². The molecule has 7 heteroatoms. The Kier molecular flexibility index (Phi) is 4.93. The van der Waals surface area contributed by atoms with Crippen LogP contribution < -0.4 is 0 Å². The molecule has 0 aromatic rings. The molecule has 0 spiro atoms. The molecule has 0 aliphatic heterocycles. The van der Waals surface area contributed by atoms with Gasteiger partial charge in [0.05, 0.1) is 0 Å². The fourth-order valence-electron chi connectivity index (χ4n) is 0.313. The molecule has 0 bridgehead atoms. The van der Waals surface area contributed by atoms with Crippen molar-refractivity contribution in [1.29, 1.82) is 0 Å². The molecule has 0 saturated carbocycles. The molecule has 0 fully saturated rings. The van der Waals surface area contributed by atoms with Crippen LogP contribution >= 0.6 is 0 Å². The van der Waals surface area contributed by atoms with E-state index in [1.165, 1.54) is 0 Å². The van der Waals surface area contributed by atoms with Crippen LogP contribution in [-0.2, 0) is 12.3 Å². The highest BCUT2D eigenvalue weighted by molar-refractivity contribution is 6.75. The van der Waals surface area contributed by atoms with Gasteiger partial charge in [0.2, 0.25) is 21.0 Å². The molecule has 0 aromatic heterocycles. The van der Waals surface area contributed by atoms with E-state index in [9.17, 15) is 0 Å². The third-order valence-corrected chi connectivity index (χ3v) is 5.01. The van der Waals surface area contributed by atoms with E-state index < -0.39 is 17.8 Å². The zero-order chi connectivity index (χ0) is 8.20. The molecule has 0 aliphatic carbocycles. The minimum absolute atomic E-state index is 1.53. The van der Waals surface area contributed by atoms with Gasteiger partial charge in [0, 0.05) is 0 Å². The second-order valence-electron chi connectivity index (χ2n) is 2.67. The molecule has 3 nitrogen and oxygen atoms in total. The van der Waals surface area contributed by atoms with Crippen LogP contribution in [0.15, 0.2) is 0 Å². The molecule has 0 unspecified atom stereocenters. The Labute approximate surface area is 71.3 Å². The first-order valence-corrected chi connectivity index (χ1v) is 8.17. The molecule has 10 heavy (non-hydrogen) atoms. The van der Waals surface area contributed by atoms with Crippen molar-refractivity contribution in [3.63, 3.8) is 0 Å². The van der Waals surface area contributed by atoms with Crippen LogP contribution in [0.1, 0.15) is 0 Å². The summed E-state index contributed by atoms with van der Waals surface area (Å²) in [6.07, 6.45) is 0. The van der Waals surface area contributed by atoms with Gasteiger partial charge in [-0.2, -0.15) is 0 Å².